The van der Waals surface area contributed by atoms with E-state index in [2.05, 4.69) is 20.4 Å². The Morgan fingerprint density at radius 3 is 2.40 bits per heavy atom. The van der Waals surface area contributed by atoms with Gasteiger partial charge in [-0.3, -0.25) is 9.59 Å². The summed E-state index contributed by atoms with van der Waals surface area (Å²) < 4.78 is 7.37. The molecule has 1 aliphatic carbocycles. The van der Waals surface area contributed by atoms with Gasteiger partial charge in [0.25, 0.3) is 11.9 Å². The summed E-state index contributed by atoms with van der Waals surface area (Å²) in [5.41, 5.74) is 3.26. The monoisotopic (exact) mass is 407 g/mol. The Bertz CT molecular complexity index is 1170. The van der Waals surface area contributed by atoms with Crippen LogP contribution in [0.2, 0.25) is 0 Å². The summed E-state index contributed by atoms with van der Waals surface area (Å²) in [5, 5.41) is 7.27. The fourth-order valence-corrected chi connectivity index (χ4v) is 4.02. The lowest BCUT2D eigenvalue weighted by Crippen LogP contribution is -2.26. The second-order valence-electron chi connectivity index (χ2n) is 8.78. The van der Waals surface area contributed by atoms with Crippen molar-refractivity contribution in [2.24, 2.45) is 5.41 Å². The number of carbonyl (C=O) groups excluding carboxylic acids is 2. The molecule has 3 aromatic heterocycles. The predicted molar refractivity (Wildman–Crippen MR) is 111 cm³/mol. The van der Waals surface area contributed by atoms with Crippen LogP contribution < -0.4 is 5.32 Å². The average molecular weight is 407 g/mol. The number of carbonyl (C=O) groups is 2. The van der Waals surface area contributed by atoms with Crippen molar-refractivity contribution in [2.75, 3.05) is 5.32 Å². The number of ketones is 1. The summed E-state index contributed by atoms with van der Waals surface area (Å²) in [6.45, 7) is 11.4. The summed E-state index contributed by atoms with van der Waals surface area (Å²) in [6.07, 6.45) is 1.06. The molecule has 4 rings (SSSR count). The molecule has 0 saturated heterocycles. The van der Waals surface area contributed by atoms with E-state index in [0.717, 1.165) is 11.4 Å². The Balaban J connectivity index is 1.69. The molecule has 3 heterocycles. The summed E-state index contributed by atoms with van der Waals surface area (Å²) in [7, 11) is 0. The van der Waals surface area contributed by atoms with Crippen LogP contribution in [0, 0.1) is 33.1 Å². The SMILES string of the molecule is Cc1cc(C)nc(-n2nc(C)cc2NC(=O)c2oc3c(c2C)C(=O)CC(C)(C)C3)n1. The maximum absolute atomic E-state index is 13.0. The predicted octanol–water partition coefficient (Wildman–Crippen LogP) is 3.90. The summed E-state index contributed by atoms with van der Waals surface area (Å²) >= 11 is 0. The molecule has 156 valence electrons. The van der Waals surface area contributed by atoms with E-state index >= 15 is 0 Å². The Hall–Kier alpha value is -3.29. The Morgan fingerprint density at radius 1 is 1.07 bits per heavy atom. The first-order chi connectivity index (χ1) is 14.0. The maximum atomic E-state index is 13.0. The van der Waals surface area contributed by atoms with Gasteiger partial charge in [-0.1, -0.05) is 13.8 Å². The minimum Gasteiger partial charge on any atom is -0.455 e. The highest BCUT2D eigenvalue weighted by molar-refractivity contribution is 6.07. The van der Waals surface area contributed by atoms with E-state index in [1.54, 1.807) is 13.0 Å². The highest BCUT2D eigenvalue weighted by atomic mass is 16.4. The van der Waals surface area contributed by atoms with E-state index in [-0.39, 0.29) is 17.0 Å². The Labute approximate surface area is 174 Å². The van der Waals surface area contributed by atoms with E-state index in [4.69, 9.17) is 4.42 Å². The number of amides is 1. The molecule has 0 fully saturated rings. The van der Waals surface area contributed by atoms with Crippen LogP contribution >= 0.6 is 0 Å². The van der Waals surface area contributed by atoms with Gasteiger partial charge in [0.05, 0.1) is 11.3 Å². The number of Topliss-reactive ketones (excluding diaryl/α,β-unsaturated/α-hetero) is 1. The van der Waals surface area contributed by atoms with Crippen molar-refractivity contribution in [3.8, 4) is 5.95 Å². The molecule has 1 N–H and O–H groups in total. The number of furan rings is 1. The van der Waals surface area contributed by atoms with Gasteiger partial charge in [-0.05, 0) is 39.2 Å². The van der Waals surface area contributed by atoms with Crippen molar-refractivity contribution >= 4 is 17.5 Å². The molecule has 3 aromatic rings. The minimum absolute atomic E-state index is 0.0195. The van der Waals surface area contributed by atoms with Gasteiger partial charge in [0.1, 0.15) is 11.6 Å². The molecular formula is C22H25N5O3. The van der Waals surface area contributed by atoms with Crippen LogP contribution in [0.4, 0.5) is 5.82 Å². The quantitative estimate of drug-likeness (QED) is 0.706. The number of hydrogen-bond donors (Lipinski definition) is 1. The fourth-order valence-electron chi connectivity index (χ4n) is 4.02. The summed E-state index contributed by atoms with van der Waals surface area (Å²) in [5.74, 6) is 1.13. The maximum Gasteiger partial charge on any atom is 0.292 e. The lowest BCUT2D eigenvalue weighted by Gasteiger charge is -2.27. The van der Waals surface area contributed by atoms with Gasteiger partial charge < -0.3 is 9.73 Å². The summed E-state index contributed by atoms with van der Waals surface area (Å²) in [4.78, 5) is 34.5. The van der Waals surface area contributed by atoms with Crippen LogP contribution in [0.3, 0.4) is 0 Å². The third-order valence-electron chi connectivity index (χ3n) is 5.22. The molecule has 1 aliphatic rings. The van der Waals surface area contributed by atoms with Crippen LogP contribution in [0.15, 0.2) is 16.5 Å². The Kier molecular flexibility index (Phi) is 4.60. The second-order valence-corrected chi connectivity index (χ2v) is 8.78. The topological polar surface area (TPSA) is 103 Å². The van der Waals surface area contributed by atoms with Crippen molar-refractivity contribution < 1.29 is 14.0 Å². The van der Waals surface area contributed by atoms with Gasteiger partial charge in [-0.2, -0.15) is 9.78 Å². The Morgan fingerprint density at radius 2 is 1.73 bits per heavy atom. The number of nitrogens with zero attached hydrogens (tertiary/aromatic N) is 4. The second kappa shape index (κ2) is 6.90. The summed E-state index contributed by atoms with van der Waals surface area (Å²) in [6, 6.07) is 3.61. The van der Waals surface area contributed by atoms with Crippen LogP contribution in [0.25, 0.3) is 5.95 Å². The number of fused-ring (bicyclic) bond motifs is 1. The van der Waals surface area contributed by atoms with Crippen molar-refractivity contribution in [3.63, 3.8) is 0 Å². The van der Waals surface area contributed by atoms with E-state index in [1.165, 1.54) is 4.68 Å². The molecular weight excluding hydrogens is 382 g/mol. The van der Waals surface area contributed by atoms with Crippen molar-refractivity contribution in [3.05, 3.63) is 51.9 Å². The van der Waals surface area contributed by atoms with Crippen molar-refractivity contribution in [2.45, 2.75) is 54.4 Å². The third-order valence-corrected chi connectivity index (χ3v) is 5.22. The number of anilines is 1. The number of aromatic nitrogens is 4. The first kappa shape index (κ1) is 20.0. The largest absolute Gasteiger partial charge is 0.455 e. The molecule has 1 amide bonds. The molecule has 0 atom stereocenters. The number of hydrogen-bond acceptors (Lipinski definition) is 6. The van der Waals surface area contributed by atoms with Gasteiger partial charge in [-0.15, -0.1) is 0 Å². The molecule has 0 unspecified atom stereocenters. The first-order valence-corrected chi connectivity index (χ1v) is 9.90. The molecule has 0 radical (unpaired) electrons. The molecule has 0 saturated carbocycles. The average Bonchev–Trinajstić information content (AvgIpc) is 3.12. The van der Waals surface area contributed by atoms with Gasteiger partial charge in [0.2, 0.25) is 0 Å². The van der Waals surface area contributed by atoms with E-state index < -0.39 is 5.91 Å². The number of aryl methyl sites for hydroxylation is 3. The van der Waals surface area contributed by atoms with Crippen LogP contribution in [0.1, 0.15) is 69.6 Å². The van der Waals surface area contributed by atoms with Gasteiger partial charge >= 0.3 is 0 Å². The van der Waals surface area contributed by atoms with E-state index in [1.807, 2.05) is 40.7 Å². The normalized spacial score (nSPS) is 15.2. The van der Waals surface area contributed by atoms with Crippen molar-refractivity contribution in [1.29, 1.82) is 0 Å². The minimum atomic E-state index is -0.432. The zero-order valence-electron chi connectivity index (χ0n) is 18.1. The number of rotatable bonds is 3. The van der Waals surface area contributed by atoms with Crippen LogP contribution in [-0.2, 0) is 6.42 Å². The van der Waals surface area contributed by atoms with Crippen LogP contribution in [-0.4, -0.2) is 31.4 Å². The molecule has 8 heteroatoms. The molecule has 0 spiro atoms. The lowest BCUT2D eigenvalue weighted by atomic mass is 9.76. The van der Waals surface area contributed by atoms with E-state index in [9.17, 15) is 9.59 Å². The number of nitrogens with one attached hydrogen (secondary N) is 1. The molecule has 0 bridgehead atoms. The van der Waals surface area contributed by atoms with Crippen LogP contribution in [0.5, 0.6) is 0 Å². The standard InChI is InChI=1S/C22H25N5O3/c1-11-7-12(2)24-21(23-11)27-17(8-13(3)26-27)25-20(29)19-14(4)18-15(28)9-22(5,6)10-16(18)30-19/h7-8H,9-10H2,1-6H3,(H,25,29). The fraction of sp³-hybridized carbons (Fsp3) is 0.409. The third kappa shape index (κ3) is 3.53. The highest BCUT2D eigenvalue weighted by Crippen LogP contribution is 2.38. The van der Waals surface area contributed by atoms with Gasteiger partial charge in [0, 0.05) is 35.9 Å². The zero-order chi connectivity index (χ0) is 21.8. The smallest absolute Gasteiger partial charge is 0.292 e. The van der Waals surface area contributed by atoms with E-state index in [0.29, 0.717) is 47.2 Å². The highest BCUT2D eigenvalue weighted by Gasteiger charge is 2.37. The lowest BCUT2D eigenvalue weighted by molar-refractivity contribution is 0.0898. The first-order valence-electron chi connectivity index (χ1n) is 9.90. The molecule has 0 aromatic carbocycles. The molecule has 30 heavy (non-hydrogen) atoms. The molecule has 8 nitrogen and oxygen atoms in total. The zero-order valence-corrected chi connectivity index (χ0v) is 18.1. The van der Waals surface area contributed by atoms with Crippen molar-refractivity contribution in [1.82, 2.24) is 19.7 Å². The van der Waals surface area contributed by atoms with Gasteiger partial charge in [0.15, 0.2) is 11.5 Å². The molecule has 0 aliphatic heterocycles. The van der Waals surface area contributed by atoms with Gasteiger partial charge in [-0.25, -0.2) is 9.97 Å².